The first-order valence-corrected chi connectivity index (χ1v) is 6.38. The maximum Gasteiger partial charge on any atom is 0.142 e. The summed E-state index contributed by atoms with van der Waals surface area (Å²) in [7, 11) is 3.20. The van der Waals surface area contributed by atoms with Gasteiger partial charge in [-0.3, -0.25) is 0 Å². The normalized spacial score (nSPS) is 10.3. The number of rotatable bonds is 3. The second-order valence-corrected chi connectivity index (χ2v) is 4.47. The number of hydrogen-bond donors (Lipinski definition) is 1. The molecular formula is C16H13N3O2. The summed E-state index contributed by atoms with van der Waals surface area (Å²) in [6.07, 6.45) is 0. The number of hydrogen-bond acceptors (Lipinski definition) is 4. The Bertz CT molecular complexity index is 846. The fourth-order valence-corrected chi connectivity index (χ4v) is 2.24. The number of nitrogens with zero attached hydrogens (tertiary/aromatic N) is 2. The van der Waals surface area contributed by atoms with E-state index in [4.69, 9.17) is 14.7 Å². The van der Waals surface area contributed by atoms with Crippen LogP contribution < -0.4 is 9.47 Å². The van der Waals surface area contributed by atoms with Gasteiger partial charge in [-0.05, 0) is 24.3 Å². The zero-order chi connectivity index (χ0) is 14.8. The molecule has 5 heteroatoms. The quantitative estimate of drug-likeness (QED) is 0.799. The highest BCUT2D eigenvalue weighted by Crippen LogP contribution is 2.33. The molecular weight excluding hydrogens is 266 g/mol. The molecule has 0 bridgehead atoms. The van der Waals surface area contributed by atoms with Gasteiger partial charge >= 0.3 is 0 Å². The van der Waals surface area contributed by atoms with Gasteiger partial charge in [-0.15, -0.1) is 0 Å². The van der Waals surface area contributed by atoms with Crippen molar-refractivity contribution in [2.45, 2.75) is 0 Å². The van der Waals surface area contributed by atoms with Crippen LogP contribution >= 0.6 is 0 Å². The molecule has 0 amide bonds. The first-order chi connectivity index (χ1) is 10.3. The van der Waals surface area contributed by atoms with Crippen molar-refractivity contribution in [1.82, 2.24) is 9.97 Å². The van der Waals surface area contributed by atoms with Gasteiger partial charge in [0.05, 0.1) is 30.9 Å². The lowest BCUT2D eigenvalue weighted by Crippen LogP contribution is -1.91. The Morgan fingerprint density at radius 1 is 1.14 bits per heavy atom. The zero-order valence-electron chi connectivity index (χ0n) is 11.7. The number of fused-ring (bicyclic) bond motifs is 1. The summed E-state index contributed by atoms with van der Waals surface area (Å²) in [5, 5.41) is 9.14. The molecule has 0 saturated carbocycles. The fourth-order valence-electron chi connectivity index (χ4n) is 2.24. The molecule has 104 valence electrons. The second kappa shape index (κ2) is 5.17. The van der Waals surface area contributed by atoms with Crippen molar-refractivity contribution in [2.24, 2.45) is 0 Å². The number of aromatic nitrogens is 2. The molecule has 5 nitrogen and oxygen atoms in total. The van der Waals surface area contributed by atoms with Crippen LogP contribution in [0.4, 0.5) is 0 Å². The Morgan fingerprint density at radius 2 is 2.00 bits per heavy atom. The molecule has 21 heavy (non-hydrogen) atoms. The van der Waals surface area contributed by atoms with E-state index in [0.717, 1.165) is 11.1 Å². The van der Waals surface area contributed by atoms with Gasteiger partial charge in [-0.25, -0.2) is 4.98 Å². The van der Waals surface area contributed by atoms with Gasteiger partial charge in [0.15, 0.2) is 0 Å². The standard InChI is InChI=1S/C16H13N3O2/c1-20-11-6-7-12(14(8-11)21-2)16-18-13-5-3-4-10(9-17)15(13)19-16/h3-8H,1-2H3,(H,18,19). The van der Waals surface area contributed by atoms with Crippen molar-refractivity contribution in [1.29, 1.82) is 5.26 Å². The van der Waals surface area contributed by atoms with E-state index in [2.05, 4.69) is 16.0 Å². The van der Waals surface area contributed by atoms with Crippen molar-refractivity contribution >= 4 is 11.0 Å². The Labute approximate surface area is 121 Å². The summed E-state index contributed by atoms with van der Waals surface area (Å²) in [6, 6.07) is 13.1. The number of nitriles is 1. The Kier molecular flexibility index (Phi) is 3.20. The van der Waals surface area contributed by atoms with E-state index < -0.39 is 0 Å². The molecule has 2 aromatic carbocycles. The lowest BCUT2D eigenvalue weighted by molar-refractivity contribution is 0.395. The summed E-state index contributed by atoms with van der Waals surface area (Å²) < 4.78 is 10.6. The van der Waals surface area contributed by atoms with Crippen molar-refractivity contribution in [3.63, 3.8) is 0 Å². The molecule has 0 atom stereocenters. The first kappa shape index (κ1) is 13.0. The Hall–Kier alpha value is -3.00. The van der Waals surface area contributed by atoms with Gasteiger partial charge in [0.1, 0.15) is 28.9 Å². The van der Waals surface area contributed by atoms with E-state index in [1.165, 1.54) is 0 Å². The van der Waals surface area contributed by atoms with Crippen LogP contribution in [0.5, 0.6) is 11.5 Å². The molecule has 0 unspecified atom stereocenters. The van der Waals surface area contributed by atoms with E-state index in [9.17, 15) is 0 Å². The molecule has 0 radical (unpaired) electrons. The molecule has 0 fully saturated rings. The highest BCUT2D eigenvalue weighted by Gasteiger charge is 2.13. The van der Waals surface area contributed by atoms with Gasteiger partial charge in [0.2, 0.25) is 0 Å². The molecule has 3 aromatic rings. The predicted octanol–water partition coefficient (Wildman–Crippen LogP) is 3.12. The monoisotopic (exact) mass is 279 g/mol. The van der Waals surface area contributed by atoms with Crippen molar-refractivity contribution < 1.29 is 9.47 Å². The summed E-state index contributed by atoms with van der Waals surface area (Å²) >= 11 is 0. The maximum atomic E-state index is 9.14. The zero-order valence-corrected chi connectivity index (χ0v) is 11.7. The molecule has 3 rings (SSSR count). The lowest BCUT2D eigenvalue weighted by Gasteiger charge is -2.08. The van der Waals surface area contributed by atoms with E-state index in [1.807, 2.05) is 24.3 Å². The van der Waals surface area contributed by atoms with Crippen molar-refractivity contribution in [3.05, 3.63) is 42.0 Å². The largest absolute Gasteiger partial charge is 0.497 e. The van der Waals surface area contributed by atoms with Crippen LogP contribution in [0, 0.1) is 11.3 Å². The van der Waals surface area contributed by atoms with Crippen molar-refractivity contribution in [3.8, 4) is 29.0 Å². The Balaban J connectivity index is 2.19. The molecule has 0 aliphatic heterocycles. The summed E-state index contributed by atoms with van der Waals surface area (Å²) in [5.41, 5.74) is 2.84. The lowest BCUT2D eigenvalue weighted by atomic mass is 10.2. The number of para-hydroxylation sites is 1. The average molecular weight is 279 g/mol. The minimum atomic E-state index is 0.544. The number of H-pyrrole nitrogens is 1. The van der Waals surface area contributed by atoms with Gasteiger partial charge in [0, 0.05) is 6.07 Å². The average Bonchev–Trinajstić information content (AvgIpc) is 2.97. The molecule has 1 aromatic heterocycles. The highest BCUT2D eigenvalue weighted by molar-refractivity contribution is 5.85. The smallest absolute Gasteiger partial charge is 0.142 e. The van der Waals surface area contributed by atoms with Gasteiger partial charge in [-0.1, -0.05) is 6.07 Å². The van der Waals surface area contributed by atoms with E-state index in [1.54, 1.807) is 26.4 Å². The van der Waals surface area contributed by atoms with Crippen LogP contribution in [0.3, 0.4) is 0 Å². The molecule has 0 aliphatic carbocycles. The van der Waals surface area contributed by atoms with E-state index in [0.29, 0.717) is 28.4 Å². The predicted molar refractivity (Wildman–Crippen MR) is 79.3 cm³/mol. The van der Waals surface area contributed by atoms with E-state index in [-0.39, 0.29) is 0 Å². The highest BCUT2D eigenvalue weighted by atomic mass is 16.5. The minimum Gasteiger partial charge on any atom is -0.497 e. The van der Waals surface area contributed by atoms with Crippen LogP contribution in [0.25, 0.3) is 22.4 Å². The number of nitrogens with one attached hydrogen (secondary N) is 1. The van der Waals surface area contributed by atoms with Crippen LogP contribution in [-0.4, -0.2) is 24.2 Å². The molecule has 1 heterocycles. The number of benzene rings is 2. The third-order valence-electron chi connectivity index (χ3n) is 3.30. The molecule has 0 saturated heterocycles. The summed E-state index contributed by atoms with van der Waals surface area (Å²) in [5.74, 6) is 2.03. The summed E-state index contributed by atoms with van der Waals surface area (Å²) in [6.45, 7) is 0. The number of methoxy groups -OCH3 is 2. The topological polar surface area (TPSA) is 70.9 Å². The maximum absolute atomic E-state index is 9.14. The van der Waals surface area contributed by atoms with Crippen LogP contribution in [0.2, 0.25) is 0 Å². The number of imidazole rings is 1. The van der Waals surface area contributed by atoms with Crippen LogP contribution in [0.15, 0.2) is 36.4 Å². The molecule has 1 N–H and O–H groups in total. The third kappa shape index (κ3) is 2.17. The van der Waals surface area contributed by atoms with Gasteiger partial charge < -0.3 is 14.5 Å². The molecule has 0 aliphatic rings. The second-order valence-electron chi connectivity index (χ2n) is 4.47. The SMILES string of the molecule is COc1ccc(-c2nc3c(C#N)cccc3[nH]2)c(OC)c1. The summed E-state index contributed by atoms with van der Waals surface area (Å²) in [4.78, 5) is 7.73. The fraction of sp³-hybridized carbons (Fsp3) is 0.125. The van der Waals surface area contributed by atoms with Crippen LogP contribution in [-0.2, 0) is 0 Å². The third-order valence-corrected chi connectivity index (χ3v) is 3.30. The first-order valence-electron chi connectivity index (χ1n) is 6.38. The minimum absolute atomic E-state index is 0.544. The van der Waals surface area contributed by atoms with Crippen LogP contribution in [0.1, 0.15) is 5.56 Å². The number of ether oxygens (including phenoxy) is 2. The van der Waals surface area contributed by atoms with Gasteiger partial charge in [-0.2, -0.15) is 5.26 Å². The molecule has 0 spiro atoms. The van der Waals surface area contributed by atoms with E-state index >= 15 is 0 Å². The Morgan fingerprint density at radius 3 is 2.71 bits per heavy atom. The van der Waals surface area contributed by atoms with Gasteiger partial charge in [0.25, 0.3) is 0 Å². The van der Waals surface area contributed by atoms with Crippen molar-refractivity contribution in [2.75, 3.05) is 14.2 Å². The number of aromatic amines is 1.